The van der Waals surface area contributed by atoms with E-state index in [4.69, 9.17) is 15.5 Å². The number of aromatic nitrogens is 4. The first kappa shape index (κ1) is 12.8. The maximum atomic E-state index is 8.67. The fraction of sp³-hybridized carbons (Fsp3) is 0.364. The molecule has 0 saturated heterocycles. The molecule has 0 bridgehead atoms. The summed E-state index contributed by atoms with van der Waals surface area (Å²) < 4.78 is 5.09. The molecule has 0 amide bonds. The van der Waals surface area contributed by atoms with Crippen molar-refractivity contribution in [1.29, 1.82) is 5.26 Å². The zero-order valence-corrected chi connectivity index (χ0v) is 10.6. The van der Waals surface area contributed by atoms with Gasteiger partial charge < -0.3 is 15.6 Å². The average Bonchev–Trinajstić information content (AvgIpc) is 2.76. The van der Waals surface area contributed by atoms with Crippen LogP contribution >= 0.6 is 0 Å². The maximum Gasteiger partial charge on any atom is 0.265 e. The molecule has 0 saturated carbocycles. The Bertz CT molecular complexity index is 616. The lowest BCUT2D eigenvalue weighted by Gasteiger charge is -2.13. The molecule has 8 heteroatoms. The number of nitrogens with one attached hydrogen (secondary N) is 1. The molecule has 0 fully saturated rings. The molecular formula is C11H13N7O. The highest BCUT2D eigenvalue weighted by molar-refractivity contribution is 5.78. The van der Waals surface area contributed by atoms with Crippen LogP contribution in [0.2, 0.25) is 0 Å². The molecule has 0 aliphatic rings. The van der Waals surface area contributed by atoms with E-state index >= 15 is 0 Å². The van der Waals surface area contributed by atoms with E-state index in [1.807, 2.05) is 6.92 Å². The summed E-state index contributed by atoms with van der Waals surface area (Å²) in [5.74, 6) is 1.46. The second-order valence-corrected chi connectivity index (χ2v) is 4.04. The minimum absolute atomic E-state index is 0.0814. The van der Waals surface area contributed by atoms with Crippen LogP contribution in [0.3, 0.4) is 0 Å². The van der Waals surface area contributed by atoms with Crippen LogP contribution in [0.1, 0.15) is 19.2 Å². The van der Waals surface area contributed by atoms with Gasteiger partial charge in [-0.3, -0.25) is 0 Å². The van der Waals surface area contributed by atoms with Gasteiger partial charge >= 0.3 is 0 Å². The van der Waals surface area contributed by atoms with Crippen molar-refractivity contribution in [3.63, 3.8) is 0 Å². The van der Waals surface area contributed by atoms with E-state index in [1.54, 1.807) is 6.92 Å². The van der Waals surface area contributed by atoms with Crippen molar-refractivity contribution < 1.29 is 4.52 Å². The normalized spacial score (nSPS) is 11.8. The highest BCUT2D eigenvalue weighted by Crippen LogP contribution is 2.29. The van der Waals surface area contributed by atoms with Crippen LogP contribution in [0.4, 0.5) is 11.6 Å². The summed E-state index contributed by atoms with van der Waals surface area (Å²) in [6, 6.07) is 2.00. The molecule has 0 radical (unpaired) electrons. The number of hydrogen-bond donors (Lipinski definition) is 2. The lowest BCUT2D eigenvalue weighted by Crippen LogP contribution is -2.16. The van der Waals surface area contributed by atoms with Gasteiger partial charge in [0.05, 0.1) is 12.5 Å². The van der Waals surface area contributed by atoms with E-state index in [2.05, 4.69) is 31.5 Å². The van der Waals surface area contributed by atoms with Crippen molar-refractivity contribution >= 4 is 11.6 Å². The minimum Gasteiger partial charge on any atom is -0.383 e. The molecule has 2 aromatic rings. The van der Waals surface area contributed by atoms with E-state index in [1.165, 1.54) is 6.33 Å². The van der Waals surface area contributed by atoms with Crippen molar-refractivity contribution in [3.8, 4) is 17.5 Å². The topological polar surface area (TPSA) is 127 Å². The van der Waals surface area contributed by atoms with Gasteiger partial charge in [-0.25, -0.2) is 9.97 Å². The number of nitrogens with two attached hydrogens (primary N) is 1. The molecule has 0 spiro atoms. The Hall–Kier alpha value is -2.69. The van der Waals surface area contributed by atoms with E-state index in [0.29, 0.717) is 23.6 Å². The summed E-state index contributed by atoms with van der Waals surface area (Å²) in [4.78, 5) is 12.1. The van der Waals surface area contributed by atoms with Crippen LogP contribution < -0.4 is 11.1 Å². The number of nitrogens with zero attached hydrogens (tertiary/aromatic N) is 5. The summed E-state index contributed by atoms with van der Waals surface area (Å²) >= 11 is 0. The predicted octanol–water partition coefficient (Wildman–Crippen LogP) is 1.13. The van der Waals surface area contributed by atoms with Crippen LogP contribution in [0, 0.1) is 18.3 Å². The Morgan fingerprint density at radius 1 is 1.53 bits per heavy atom. The van der Waals surface area contributed by atoms with Crippen molar-refractivity contribution in [2.24, 2.45) is 0 Å². The van der Waals surface area contributed by atoms with Gasteiger partial charge in [0.1, 0.15) is 23.5 Å². The molecule has 0 aromatic carbocycles. The van der Waals surface area contributed by atoms with Gasteiger partial charge in [0.25, 0.3) is 5.89 Å². The number of nitriles is 1. The van der Waals surface area contributed by atoms with Gasteiger partial charge in [-0.2, -0.15) is 10.2 Å². The summed E-state index contributed by atoms with van der Waals surface area (Å²) in [5, 5.41) is 15.5. The van der Waals surface area contributed by atoms with Gasteiger partial charge in [0, 0.05) is 6.04 Å². The van der Waals surface area contributed by atoms with Crippen molar-refractivity contribution in [2.75, 3.05) is 11.1 Å². The molecule has 0 unspecified atom stereocenters. The fourth-order valence-corrected chi connectivity index (χ4v) is 1.54. The van der Waals surface area contributed by atoms with Crippen LogP contribution in [0.25, 0.3) is 11.5 Å². The first-order valence-corrected chi connectivity index (χ1v) is 5.66. The maximum absolute atomic E-state index is 8.67. The van der Waals surface area contributed by atoms with Crippen molar-refractivity contribution in [3.05, 3.63) is 12.2 Å². The quantitative estimate of drug-likeness (QED) is 0.836. The Morgan fingerprint density at radius 2 is 2.32 bits per heavy atom. The summed E-state index contributed by atoms with van der Waals surface area (Å²) in [6.45, 7) is 3.57. The minimum atomic E-state index is -0.0814. The zero-order valence-electron chi connectivity index (χ0n) is 10.6. The third-order valence-electron chi connectivity index (χ3n) is 2.40. The van der Waals surface area contributed by atoms with Gasteiger partial charge in [-0.1, -0.05) is 5.16 Å². The Kier molecular flexibility index (Phi) is 3.56. The SMILES string of the molecule is Cc1noc(-c2c(N)ncnc2N[C@@H](C)CC#N)n1. The molecule has 98 valence electrons. The molecule has 2 rings (SSSR count). The second kappa shape index (κ2) is 5.30. The van der Waals surface area contributed by atoms with Crippen LogP contribution in [-0.4, -0.2) is 26.2 Å². The van der Waals surface area contributed by atoms with E-state index in [-0.39, 0.29) is 17.8 Å². The van der Waals surface area contributed by atoms with Crippen LogP contribution in [0.15, 0.2) is 10.9 Å². The first-order valence-electron chi connectivity index (χ1n) is 5.66. The Labute approximate surface area is 109 Å². The standard InChI is InChI=1S/C11H13N7O/c1-6(3-4-12)16-10-8(9(13)14-5-15-10)11-17-7(2)18-19-11/h5-6H,3H2,1-2H3,(H3,13,14,15,16)/t6-/m0/s1. The van der Waals surface area contributed by atoms with Gasteiger partial charge in [-0.15, -0.1) is 0 Å². The number of hydrogen-bond acceptors (Lipinski definition) is 8. The molecule has 1 atom stereocenters. The summed E-state index contributed by atoms with van der Waals surface area (Å²) in [6.07, 6.45) is 1.68. The Morgan fingerprint density at radius 3 is 2.95 bits per heavy atom. The summed E-state index contributed by atoms with van der Waals surface area (Å²) in [5.41, 5.74) is 6.28. The molecule has 3 N–H and O–H groups in total. The second-order valence-electron chi connectivity index (χ2n) is 4.04. The lowest BCUT2D eigenvalue weighted by atomic mass is 10.2. The monoisotopic (exact) mass is 259 g/mol. The Balaban J connectivity index is 2.39. The third kappa shape index (κ3) is 2.77. The molecule has 0 aliphatic carbocycles. The highest BCUT2D eigenvalue weighted by atomic mass is 16.5. The van der Waals surface area contributed by atoms with Gasteiger partial charge in [0.15, 0.2) is 5.82 Å². The van der Waals surface area contributed by atoms with Crippen molar-refractivity contribution in [1.82, 2.24) is 20.1 Å². The molecular weight excluding hydrogens is 246 g/mol. The largest absolute Gasteiger partial charge is 0.383 e. The van der Waals surface area contributed by atoms with Gasteiger partial charge in [-0.05, 0) is 13.8 Å². The third-order valence-corrected chi connectivity index (χ3v) is 2.40. The molecule has 0 aliphatic heterocycles. The van der Waals surface area contributed by atoms with Crippen molar-refractivity contribution in [2.45, 2.75) is 26.3 Å². The van der Waals surface area contributed by atoms with Crippen LogP contribution in [-0.2, 0) is 0 Å². The average molecular weight is 259 g/mol. The number of anilines is 2. The lowest BCUT2D eigenvalue weighted by molar-refractivity contribution is 0.425. The van der Waals surface area contributed by atoms with E-state index in [0.717, 1.165) is 0 Å². The number of aryl methyl sites for hydroxylation is 1. The predicted molar refractivity (Wildman–Crippen MR) is 67.8 cm³/mol. The zero-order chi connectivity index (χ0) is 13.8. The molecule has 19 heavy (non-hydrogen) atoms. The summed E-state index contributed by atoms with van der Waals surface area (Å²) in [7, 11) is 0. The first-order chi connectivity index (χ1) is 9.11. The van der Waals surface area contributed by atoms with E-state index in [9.17, 15) is 0 Å². The number of nitrogen functional groups attached to an aromatic ring is 1. The molecule has 8 nitrogen and oxygen atoms in total. The smallest absolute Gasteiger partial charge is 0.265 e. The van der Waals surface area contributed by atoms with Crippen LogP contribution in [0.5, 0.6) is 0 Å². The highest BCUT2D eigenvalue weighted by Gasteiger charge is 2.18. The number of rotatable bonds is 4. The van der Waals surface area contributed by atoms with Gasteiger partial charge in [0.2, 0.25) is 0 Å². The molecule has 2 aromatic heterocycles. The van der Waals surface area contributed by atoms with E-state index < -0.39 is 0 Å². The fourth-order valence-electron chi connectivity index (χ4n) is 1.54. The molecule has 2 heterocycles.